The molecule has 1 saturated heterocycles. The smallest absolute Gasteiger partial charge is 0.158 e. The molecule has 0 bridgehead atoms. The Kier molecular flexibility index (Phi) is 4.08. The summed E-state index contributed by atoms with van der Waals surface area (Å²) in [5, 5.41) is 15.0. The summed E-state index contributed by atoms with van der Waals surface area (Å²) in [4.78, 5) is 7.16. The van der Waals surface area contributed by atoms with Crippen LogP contribution in [0.15, 0.2) is 30.3 Å². The highest BCUT2D eigenvalue weighted by molar-refractivity contribution is 5.67. The number of hydrogen-bond acceptors (Lipinski definition) is 4. The standard InChI is InChI=1S/C21H23FN4O/c22-15-9-7-14(8-10-15)19-12-20-23-18-6-2-1-5-17(18)21(26(20)24-19)25-11-3-4-16(27)13-25/h7-10,12,16,27H,1-6,11,13H2/t16-/m0/s1. The Bertz CT molecular complexity index is 982. The second kappa shape index (κ2) is 6.60. The van der Waals surface area contributed by atoms with Crippen LogP contribution in [-0.4, -0.2) is 38.9 Å². The first kappa shape index (κ1) is 16.7. The fourth-order valence-electron chi connectivity index (χ4n) is 4.36. The second-order valence-corrected chi connectivity index (χ2v) is 7.62. The first-order valence-corrected chi connectivity index (χ1v) is 9.79. The van der Waals surface area contributed by atoms with E-state index in [1.54, 1.807) is 12.1 Å². The summed E-state index contributed by atoms with van der Waals surface area (Å²) in [6, 6.07) is 8.40. The van der Waals surface area contributed by atoms with Crippen molar-refractivity contribution in [2.75, 3.05) is 18.0 Å². The van der Waals surface area contributed by atoms with Crippen molar-refractivity contribution in [3.8, 4) is 11.3 Å². The Morgan fingerprint density at radius 1 is 1.07 bits per heavy atom. The molecule has 0 radical (unpaired) electrons. The van der Waals surface area contributed by atoms with Crippen LogP contribution in [0.2, 0.25) is 0 Å². The van der Waals surface area contributed by atoms with E-state index in [2.05, 4.69) is 4.90 Å². The third kappa shape index (κ3) is 2.98. The maximum absolute atomic E-state index is 13.3. The normalized spacial score (nSPS) is 20.1. The first-order chi connectivity index (χ1) is 13.2. The van der Waals surface area contributed by atoms with Gasteiger partial charge in [0.05, 0.1) is 11.8 Å². The van der Waals surface area contributed by atoms with Crippen LogP contribution in [0.4, 0.5) is 10.2 Å². The van der Waals surface area contributed by atoms with Crippen LogP contribution in [0.3, 0.4) is 0 Å². The van der Waals surface area contributed by atoms with Gasteiger partial charge in [0.2, 0.25) is 0 Å². The summed E-state index contributed by atoms with van der Waals surface area (Å²) in [5.41, 5.74) is 4.93. The number of halogens is 1. The zero-order chi connectivity index (χ0) is 18.4. The van der Waals surface area contributed by atoms with Gasteiger partial charge in [-0.25, -0.2) is 9.37 Å². The van der Waals surface area contributed by atoms with Crippen molar-refractivity contribution < 1.29 is 9.50 Å². The molecule has 27 heavy (non-hydrogen) atoms. The molecule has 0 spiro atoms. The molecule has 2 aromatic heterocycles. The Labute approximate surface area is 157 Å². The van der Waals surface area contributed by atoms with Crippen molar-refractivity contribution in [2.24, 2.45) is 0 Å². The molecule has 5 nitrogen and oxygen atoms in total. The molecule has 1 fully saturated rings. The van der Waals surface area contributed by atoms with E-state index in [1.165, 1.54) is 17.7 Å². The third-order valence-corrected chi connectivity index (χ3v) is 5.69. The van der Waals surface area contributed by atoms with Crippen molar-refractivity contribution in [1.29, 1.82) is 0 Å². The molecule has 0 saturated carbocycles. The minimum absolute atomic E-state index is 0.251. The van der Waals surface area contributed by atoms with Crippen LogP contribution >= 0.6 is 0 Å². The maximum atomic E-state index is 13.3. The van der Waals surface area contributed by atoms with E-state index in [9.17, 15) is 9.50 Å². The molecule has 6 heteroatoms. The minimum atomic E-state index is -0.298. The summed E-state index contributed by atoms with van der Waals surface area (Å²) in [7, 11) is 0. The van der Waals surface area contributed by atoms with E-state index in [1.807, 2.05) is 10.6 Å². The summed E-state index contributed by atoms with van der Waals surface area (Å²) in [6.07, 6.45) is 5.86. The zero-order valence-electron chi connectivity index (χ0n) is 15.2. The number of aliphatic hydroxyl groups is 1. The van der Waals surface area contributed by atoms with Gasteiger partial charge < -0.3 is 10.0 Å². The molecular formula is C21H23FN4O. The lowest BCUT2D eigenvalue weighted by atomic mass is 9.95. The van der Waals surface area contributed by atoms with Crippen LogP contribution in [0.5, 0.6) is 0 Å². The number of aryl methyl sites for hydroxylation is 1. The summed E-state index contributed by atoms with van der Waals surface area (Å²) in [5.74, 6) is 0.834. The van der Waals surface area contributed by atoms with Gasteiger partial charge >= 0.3 is 0 Å². The Hall–Kier alpha value is -2.47. The number of aromatic nitrogens is 3. The van der Waals surface area contributed by atoms with E-state index in [4.69, 9.17) is 10.1 Å². The molecule has 140 valence electrons. The fourth-order valence-corrected chi connectivity index (χ4v) is 4.36. The van der Waals surface area contributed by atoms with Crippen LogP contribution in [0, 0.1) is 5.82 Å². The Balaban J connectivity index is 1.68. The van der Waals surface area contributed by atoms with Gasteiger partial charge in [-0.05, 0) is 62.8 Å². The largest absolute Gasteiger partial charge is 0.391 e. The van der Waals surface area contributed by atoms with Crippen LogP contribution < -0.4 is 4.90 Å². The number of hydrogen-bond donors (Lipinski definition) is 1. The number of aliphatic hydroxyl groups excluding tert-OH is 1. The number of rotatable bonds is 2. The van der Waals surface area contributed by atoms with Gasteiger partial charge in [0.15, 0.2) is 5.65 Å². The van der Waals surface area contributed by atoms with Gasteiger partial charge in [0.1, 0.15) is 11.6 Å². The number of β-amino-alcohol motifs (C(OH)–C–C–N with tert-alkyl or cyclic N) is 1. The van der Waals surface area contributed by atoms with E-state index < -0.39 is 0 Å². The van der Waals surface area contributed by atoms with Gasteiger partial charge in [-0.15, -0.1) is 0 Å². The number of anilines is 1. The molecule has 2 aliphatic rings. The SMILES string of the molecule is O[C@H]1CCCN(c2c3c(nc4cc(-c5ccc(F)cc5)nn24)CCCC3)C1. The molecule has 1 aliphatic heterocycles. The molecule has 3 heterocycles. The van der Waals surface area contributed by atoms with Crippen molar-refractivity contribution in [1.82, 2.24) is 14.6 Å². The monoisotopic (exact) mass is 366 g/mol. The summed E-state index contributed by atoms with van der Waals surface area (Å²) in [6.45, 7) is 1.56. The van der Waals surface area contributed by atoms with E-state index in [0.717, 1.165) is 73.5 Å². The molecule has 0 amide bonds. The van der Waals surface area contributed by atoms with Crippen LogP contribution in [0.1, 0.15) is 36.9 Å². The average Bonchev–Trinajstić information content (AvgIpc) is 3.10. The minimum Gasteiger partial charge on any atom is -0.391 e. The lowest BCUT2D eigenvalue weighted by molar-refractivity contribution is 0.153. The number of nitrogens with zero attached hydrogens (tertiary/aromatic N) is 4. The topological polar surface area (TPSA) is 53.7 Å². The summed E-state index contributed by atoms with van der Waals surface area (Å²) >= 11 is 0. The molecular weight excluding hydrogens is 343 g/mol. The zero-order valence-corrected chi connectivity index (χ0v) is 15.2. The quantitative estimate of drug-likeness (QED) is 0.756. The van der Waals surface area contributed by atoms with Gasteiger partial charge in [-0.3, -0.25) is 0 Å². The molecule has 0 unspecified atom stereocenters. The second-order valence-electron chi connectivity index (χ2n) is 7.62. The number of benzene rings is 1. The molecule has 1 N–H and O–H groups in total. The number of piperidine rings is 1. The lowest BCUT2D eigenvalue weighted by Crippen LogP contribution is -2.40. The Morgan fingerprint density at radius 2 is 1.89 bits per heavy atom. The van der Waals surface area contributed by atoms with Gasteiger partial charge in [-0.2, -0.15) is 9.61 Å². The molecule has 3 aromatic rings. The number of fused-ring (bicyclic) bond motifs is 2. The fraction of sp³-hybridized carbons (Fsp3) is 0.429. The van der Waals surface area contributed by atoms with E-state index in [-0.39, 0.29) is 11.9 Å². The van der Waals surface area contributed by atoms with Gasteiger partial charge in [0.25, 0.3) is 0 Å². The highest BCUT2D eigenvalue weighted by atomic mass is 19.1. The van der Waals surface area contributed by atoms with Crippen molar-refractivity contribution in [3.63, 3.8) is 0 Å². The van der Waals surface area contributed by atoms with Crippen LogP contribution in [0.25, 0.3) is 16.9 Å². The highest BCUT2D eigenvalue weighted by Gasteiger charge is 2.27. The molecule has 1 aromatic carbocycles. The molecule has 1 aliphatic carbocycles. The maximum Gasteiger partial charge on any atom is 0.158 e. The van der Waals surface area contributed by atoms with E-state index >= 15 is 0 Å². The predicted octanol–water partition coefficient (Wildman–Crippen LogP) is 3.38. The summed E-state index contributed by atoms with van der Waals surface area (Å²) < 4.78 is 15.2. The average molecular weight is 366 g/mol. The van der Waals surface area contributed by atoms with Crippen molar-refractivity contribution >= 4 is 11.5 Å². The Morgan fingerprint density at radius 3 is 2.70 bits per heavy atom. The predicted molar refractivity (Wildman–Crippen MR) is 102 cm³/mol. The highest BCUT2D eigenvalue weighted by Crippen LogP contribution is 2.33. The first-order valence-electron chi connectivity index (χ1n) is 9.79. The van der Waals surface area contributed by atoms with Gasteiger partial charge in [-0.1, -0.05) is 0 Å². The third-order valence-electron chi connectivity index (χ3n) is 5.69. The van der Waals surface area contributed by atoms with Crippen LogP contribution in [-0.2, 0) is 12.8 Å². The van der Waals surface area contributed by atoms with Crippen molar-refractivity contribution in [2.45, 2.75) is 44.6 Å². The van der Waals surface area contributed by atoms with Gasteiger partial charge in [0, 0.05) is 36.0 Å². The molecule has 1 atom stereocenters. The lowest BCUT2D eigenvalue weighted by Gasteiger charge is -2.34. The van der Waals surface area contributed by atoms with E-state index in [0.29, 0.717) is 6.54 Å². The molecule has 5 rings (SSSR count). The van der Waals surface area contributed by atoms with Crippen molar-refractivity contribution in [3.05, 3.63) is 47.4 Å².